The lowest BCUT2D eigenvalue weighted by molar-refractivity contribution is -0.118. The van der Waals surface area contributed by atoms with Crippen LogP contribution in [-0.4, -0.2) is 55.6 Å². The molecule has 0 spiro atoms. The molecule has 0 unspecified atom stereocenters. The summed E-state index contributed by atoms with van der Waals surface area (Å²) >= 11 is 0. The third-order valence-electron chi connectivity index (χ3n) is 6.93. The number of anilines is 1. The summed E-state index contributed by atoms with van der Waals surface area (Å²) in [4.78, 5) is 31.5. The van der Waals surface area contributed by atoms with Crippen LogP contribution in [0.5, 0.6) is 17.2 Å². The van der Waals surface area contributed by atoms with Crippen molar-refractivity contribution in [2.24, 2.45) is 5.92 Å². The highest BCUT2D eigenvalue weighted by molar-refractivity contribution is 5.99. The summed E-state index contributed by atoms with van der Waals surface area (Å²) < 4.78 is 16.4. The monoisotopic (exact) mass is 487 g/mol. The zero-order chi connectivity index (χ0) is 25.1. The summed E-state index contributed by atoms with van der Waals surface area (Å²) in [6, 6.07) is 17.2. The Labute approximate surface area is 210 Å². The van der Waals surface area contributed by atoms with E-state index in [1.807, 2.05) is 35.4 Å². The molecule has 8 nitrogen and oxygen atoms in total. The number of benzene rings is 2. The van der Waals surface area contributed by atoms with Crippen LogP contribution in [0.2, 0.25) is 0 Å². The van der Waals surface area contributed by atoms with Crippen molar-refractivity contribution in [2.75, 3.05) is 39.2 Å². The van der Waals surface area contributed by atoms with Gasteiger partial charge < -0.3 is 24.4 Å². The molecule has 2 aliphatic heterocycles. The molecule has 3 aromatic rings. The fourth-order valence-corrected chi connectivity index (χ4v) is 5.13. The minimum absolute atomic E-state index is 0.00862. The van der Waals surface area contributed by atoms with Gasteiger partial charge in [-0.2, -0.15) is 0 Å². The number of likely N-dealkylation sites (tertiary alicyclic amines) is 1. The highest BCUT2D eigenvalue weighted by Gasteiger charge is 2.32. The van der Waals surface area contributed by atoms with Gasteiger partial charge in [-0.3, -0.25) is 14.6 Å². The first-order valence-electron chi connectivity index (χ1n) is 12.1. The maximum absolute atomic E-state index is 13.3. The SMILES string of the molecule is COc1ccc([C@@H](c2ccccn2)C2CCN(C(=O)c3ccc4c(c3)NC(=O)CO4)CC2)cc1OC. The van der Waals surface area contributed by atoms with Crippen LogP contribution in [0.1, 0.15) is 40.4 Å². The average molecular weight is 488 g/mol. The highest BCUT2D eigenvalue weighted by Crippen LogP contribution is 2.40. The Kier molecular flexibility index (Phi) is 6.75. The number of hydrogen-bond acceptors (Lipinski definition) is 6. The predicted octanol–water partition coefficient (Wildman–Crippen LogP) is 4.11. The Balaban J connectivity index is 1.35. The lowest BCUT2D eigenvalue weighted by Gasteiger charge is -2.36. The van der Waals surface area contributed by atoms with Gasteiger partial charge in [-0.15, -0.1) is 0 Å². The van der Waals surface area contributed by atoms with Crippen molar-refractivity contribution >= 4 is 17.5 Å². The fraction of sp³-hybridized carbons (Fsp3) is 0.321. The lowest BCUT2D eigenvalue weighted by Crippen LogP contribution is -2.40. The Morgan fingerprint density at radius 3 is 2.58 bits per heavy atom. The molecule has 1 fully saturated rings. The molecule has 1 atom stereocenters. The molecule has 8 heteroatoms. The van der Waals surface area contributed by atoms with Gasteiger partial charge in [0.2, 0.25) is 0 Å². The molecule has 0 bridgehead atoms. The van der Waals surface area contributed by atoms with Gasteiger partial charge in [0.05, 0.1) is 19.9 Å². The summed E-state index contributed by atoms with van der Waals surface area (Å²) in [5.74, 6) is 2.07. The van der Waals surface area contributed by atoms with Gasteiger partial charge in [-0.1, -0.05) is 12.1 Å². The second kappa shape index (κ2) is 10.3. The van der Waals surface area contributed by atoms with Crippen molar-refractivity contribution in [1.29, 1.82) is 0 Å². The smallest absolute Gasteiger partial charge is 0.262 e. The van der Waals surface area contributed by atoms with Crippen molar-refractivity contribution in [1.82, 2.24) is 9.88 Å². The second-order valence-electron chi connectivity index (χ2n) is 9.02. The van der Waals surface area contributed by atoms with Crippen LogP contribution < -0.4 is 19.5 Å². The zero-order valence-electron chi connectivity index (χ0n) is 20.4. The molecular formula is C28H29N3O5. The van der Waals surface area contributed by atoms with E-state index in [2.05, 4.69) is 22.4 Å². The van der Waals surface area contributed by atoms with Gasteiger partial charge >= 0.3 is 0 Å². The Bertz CT molecular complexity index is 1260. The number of rotatable bonds is 6. The summed E-state index contributed by atoms with van der Waals surface area (Å²) in [7, 11) is 3.27. The number of fused-ring (bicyclic) bond motifs is 1. The number of aromatic nitrogens is 1. The van der Waals surface area contributed by atoms with Crippen molar-refractivity contribution < 1.29 is 23.8 Å². The van der Waals surface area contributed by atoms with E-state index >= 15 is 0 Å². The molecule has 0 saturated carbocycles. The minimum atomic E-state index is -0.219. The van der Waals surface area contributed by atoms with Crippen molar-refractivity contribution in [3.63, 3.8) is 0 Å². The van der Waals surface area contributed by atoms with Gasteiger partial charge in [-0.05, 0) is 66.8 Å². The van der Waals surface area contributed by atoms with E-state index in [9.17, 15) is 9.59 Å². The first kappa shape index (κ1) is 23.7. The van der Waals surface area contributed by atoms with Crippen LogP contribution in [0.4, 0.5) is 5.69 Å². The van der Waals surface area contributed by atoms with E-state index in [1.165, 1.54) is 0 Å². The largest absolute Gasteiger partial charge is 0.493 e. The van der Waals surface area contributed by atoms with Gasteiger partial charge in [0.25, 0.3) is 11.8 Å². The van der Waals surface area contributed by atoms with E-state index in [0.29, 0.717) is 47.5 Å². The minimum Gasteiger partial charge on any atom is -0.493 e. The summed E-state index contributed by atoms with van der Waals surface area (Å²) in [6.45, 7) is 1.27. The number of hydrogen-bond donors (Lipinski definition) is 1. The predicted molar refractivity (Wildman–Crippen MR) is 135 cm³/mol. The number of nitrogens with one attached hydrogen (secondary N) is 1. The molecule has 1 saturated heterocycles. The summed E-state index contributed by atoms with van der Waals surface area (Å²) in [6.07, 6.45) is 3.50. The van der Waals surface area contributed by atoms with Crippen LogP contribution in [0.3, 0.4) is 0 Å². The Morgan fingerprint density at radius 2 is 1.86 bits per heavy atom. The standard InChI is InChI=1S/C28H29N3O5/c1-34-24-9-6-19(16-25(24)35-2)27(21-5-3-4-12-29-21)18-10-13-31(14-11-18)28(33)20-7-8-23-22(15-20)30-26(32)17-36-23/h3-9,12,15-16,18,27H,10-11,13-14,17H2,1-2H3,(H,30,32)/t27-/m0/s1. The highest BCUT2D eigenvalue weighted by atomic mass is 16.5. The molecule has 2 amide bonds. The van der Waals surface area contributed by atoms with E-state index in [0.717, 1.165) is 24.1 Å². The van der Waals surface area contributed by atoms with E-state index in [4.69, 9.17) is 14.2 Å². The maximum atomic E-state index is 13.3. The lowest BCUT2D eigenvalue weighted by atomic mass is 9.77. The van der Waals surface area contributed by atoms with Crippen LogP contribution in [-0.2, 0) is 4.79 Å². The number of carbonyl (C=O) groups excluding carboxylic acids is 2. The summed E-state index contributed by atoms with van der Waals surface area (Å²) in [5, 5.41) is 2.77. The Hall–Kier alpha value is -4.07. The molecule has 5 rings (SSSR count). The van der Waals surface area contributed by atoms with Crippen LogP contribution >= 0.6 is 0 Å². The molecular weight excluding hydrogens is 458 g/mol. The third kappa shape index (κ3) is 4.71. The number of pyridine rings is 1. The number of piperidine rings is 1. The van der Waals surface area contributed by atoms with Crippen molar-refractivity contribution in [2.45, 2.75) is 18.8 Å². The molecule has 1 N–H and O–H groups in total. The molecule has 2 aliphatic rings. The molecule has 0 radical (unpaired) electrons. The molecule has 186 valence electrons. The van der Waals surface area contributed by atoms with Gasteiger partial charge in [-0.25, -0.2) is 0 Å². The topological polar surface area (TPSA) is 90.0 Å². The second-order valence-corrected chi connectivity index (χ2v) is 9.02. The van der Waals surface area contributed by atoms with Crippen LogP contribution in [0, 0.1) is 5.92 Å². The summed E-state index contributed by atoms with van der Waals surface area (Å²) in [5.41, 5.74) is 3.19. The maximum Gasteiger partial charge on any atom is 0.262 e. The number of carbonyl (C=O) groups is 2. The Morgan fingerprint density at radius 1 is 1.06 bits per heavy atom. The van der Waals surface area contributed by atoms with Crippen molar-refractivity contribution in [3.8, 4) is 17.2 Å². The quantitative estimate of drug-likeness (QED) is 0.563. The number of methoxy groups -OCH3 is 2. The van der Waals surface area contributed by atoms with Crippen LogP contribution in [0.25, 0.3) is 0 Å². The third-order valence-corrected chi connectivity index (χ3v) is 6.93. The molecule has 3 heterocycles. The van der Waals surface area contributed by atoms with E-state index in [-0.39, 0.29) is 24.3 Å². The van der Waals surface area contributed by atoms with E-state index < -0.39 is 0 Å². The zero-order valence-corrected chi connectivity index (χ0v) is 20.4. The van der Waals surface area contributed by atoms with Crippen LogP contribution in [0.15, 0.2) is 60.8 Å². The first-order valence-corrected chi connectivity index (χ1v) is 12.1. The number of ether oxygens (including phenoxy) is 3. The number of amides is 2. The normalized spacial score (nSPS) is 16.4. The fourth-order valence-electron chi connectivity index (χ4n) is 5.13. The van der Waals surface area contributed by atoms with Gasteiger partial charge in [0, 0.05) is 36.5 Å². The van der Waals surface area contributed by atoms with Crippen molar-refractivity contribution in [3.05, 3.63) is 77.6 Å². The first-order chi connectivity index (χ1) is 17.6. The van der Waals surface area contributed by atoms with Gasteiger partial charge in [0.1, 0.15) is 5.75 Å². The molecule has 1 aromatic heterocycles. The molecule has 36 heavy (non-hydrogen) atoms. The number of nitrogens with zero attached hydrogens (tertiary/aromatic N) is 2. The molecule has 0 aliphatic carbocycles. The average Bonchev–Trinajstić information content (AvgIpc) is 2.93. The van der Waals surface area contributed by atoms with Gasteiger partial charge in [0.15, 0.2) is 18.1 Å². The molecule has 2 aromatic carbocycles. The van der Waals surface area contributed by atoms with E-state index in [1.54, 1.807) is 32.4 Å².